The lowest BCUT2D eigenvalue weighted by Crippen LogP contribution is -2.02. The highest BCUT2D eigenvalue weighted by Gasteiger charge is 2.17. The van der Waals surface area contributed by atoms with Gasteiger partial charge in [-0.05, 0) is 44.0 Å². The lowest BCUT2D eigenvalue weighted by molar-refractivity contribution is -0.384. The van der Waals surface area contributed by atoms with Crippen molar-refractivity contribution in [2.45, 2.75) is 20.8 Å². The minimum absolute atomic E-state index is 0.0798. The van der Waals surface area contributed by atoms with E-state index in [0.717, 1.165) is 16.8 Å². The van der Waals surface area contributed by atoms with E-state index in [4.69, 9.17) is 0 Å². The van der Waals surface area contributed by atoms with Crippen LogP contribution < -0.4 is 0 Å². The van der Waals surface area contributed by atoms with Gasteiger partial charge in [0.05, 0.1) is 10.6 Å². The van der Waals surface area contributed by atoms with Crippen molar-refractivity contribution < 1.29 is 4.92 Å². The molecule has 0 aliphatic heterocycles. The summed E-state index contributed by atoms with van der Waals surface area (Å²) in [7, 11) is 0. The first-order valence-corrected chi connectivity index (χ1v) is 5.27. The molecule has 1 aromatic heterocycles. The Bertz CT molecular complexity index is 587. The Kier molecular flexibility index (Phi) is 2.67. The van der Waals surface area contributed by atoms with Gasteiger partial charge in [0.25, 0.3) is 5.69 Å². The number of nitrogens with zero attached hydrogens (tertiary/aromatic N) is 3. The van der Waals surface area contributed by atoms with Gasteiger partial charge in [-0.3, -0.25) is 10.1 Å². The van der Waals surface area contributed by atoms with Gasteiger partial charge in [-0.2, -0.15) is 5.10 Å². The number of benzene rings is 1. The maximum Gasteiger partial charge on any atom is 0.295 e. The predicted molar refractivity (Wildman–Crippen MR) is 64.4 cm³/mol. The van der Waals surface area contributed by atoms with Crippen molar-refractivity contribution in [3.8, 4) is 5.69 Å². The molecule has 88 valence electrons. The van der Waals surface area contributed by atoms with E-state index in [9.17, 15) is 10.1 Å². The zero-order chi connectivity index (χ0) is 12.6. The quantitative estimate of drug-likeness (QED) is 0.589. The maximum absolute atomic E-state index is 11.0. The van der Waals surface area contributed by atoms with Crippen molar-refractivity contribution in [3.05, 3.63) is 51.3 Å². The molecule has 1 aromatic carbocycles. The molecule has 0 spiro atoms. The largest absolute Gasteiger partial charge is 0.295 e. The predicted octanol–water partition coefficient (Wildman–Crippen LogP) is 2.71. The third-order valence-electron chi connectivity index (χ3n) is 2.76. The molecule has 0 aliphatic carbocycles. The van der Waals surface area contributed by atoms with Gasteiger partial charge in [0.2, 0.25) is 0 Å². The summed E-state index contributed by atoms with van der Waals surface area (Å²) >= 11 is 0. The summed E-state index contributed by atoms with van der Waals surface area (Å²) in [5.74, 6) is 0. The SMILES string of the molecule is Cc1ccn(-c2cc(C)c(C)cc2[N+](=O)[O-])n1. The first-order chi connectivity index (χ1) is 7.99. The van der Waals surface area contributed by atoms with Crippen LogP contribution in [0.5, 0.6) is 0 Å². The first-order valence-electron chi connectivity index (χ1n) is 5.27. The van der Waals surface area contributed by atoms with Gasteiger partial charge in [0.15, 0.2) is 0 Å². The Morgan fingerprint density at radius 3 is 2.41 bits per heavy atom. The molecule has 5 heteroatoms. The molecule has 0 unspecified atom stereocenters. The fraction of sp³-hybridized carbons (Fsp3) is 0.250. The second kappa shape index (κ2) is 4.01. The summed E-state index contributed by atoms with van der Waals surface area (Å²) in [4.78, 5) is 10.7. The zero-order valence-corrected chi connectivity index (χ0v) is 9.97. The Hall–Kier alpha value is -2.17. The highest BCUT2D eigenvalue weighted by molar-refractivity contribution is 5.56. The van der Waals surface area contributed by atoms with E-state index in [0.29, 0.717) is 5.69 Å². The first kappa shape index (κ1) is 11.3. The van der Waals surface area contributed by atoms with E-state index >= 15 is 0 Å². The van der Waals surface area contributed by atoms with Crippen LogP contribution in [0.2, 0.25) is 0 Å². The number of rotatable bonds is 2. The third-order valence-corrected chi connectivity index (χ3v) is 2.76. The Morgan fingerprint density at radius 2 is 1.88 bits per heavy atom. The van der Waals surface area contributed by atoms with E-state index in [2.05, 4.69) is 5.10 Å². The van der Waals surface area contributed by atoms with Crippen LogP contribution >= 0.6 is 0 Å². The summed E-state index contributed by atoms with van der Waals surface area (Å²) in [6, 6.07) is 5.19. The standard InChI is InChI=1S/C12H13N3O2/c1-8-6-11(14-5-4-10(3)13-14)12(15(16)17)7-9(8)2/h4-7H,1-3H3. The van der Waals surface area contributed by atoms with Gasteiger partial charge < -0.3 is 0 Å². The van der Waals surface area contributed by atoms with Crippen LogP contribution in [0.25, 0.3) is 5.69 Å². The van der Waals surface area contributed by atoms with Crippen LogP contribution in [0, 0.1) is 30.9 Å². The third kappa shape index (κ3) is 2.04. The number of hydrogen-bond donors (Lipinski definition) is 0. The molecule has 0 N–H and O–H groups in total. The lowest BCUT2D eigenvalue weighted by atomic mass is 10.1. The van der Waals surface area contributed by atoms with Gasteiger partial charge in [-0.15, -0.1) is 0 Å². The number of aryl methyl sites for hydroxylation is 3. The second-order valence-corrected chi connectivity index (χ2v) is 4.08. The summed E-state index contributed by atoms with van der Waals surface area (Å²) in [6.07, 6.45) is 1.73. The summed E-state index contributed by atoms with van der Waals surface area (Å²) in [6.45, 7) is 5.64. The molecule has 0 radical (unpaired) electrons. The fourth-order valence-electron chi connectivity index (χ4n) is 1.66. The van der Waals surface area contributed by atoms with Crippen LogP contribution in [0.1, 0.15) is 16.8 Å². The van der Waals surface area contributed by atoms with E-state index in [1.165, 1.54) is 0 Å². The van der Waals surface area contributed by atoms with E-state index in [1.807, 2.05) is 26.8 Å². The van der Waals surface area contributed by atoms with Gasteiger partial charge in [0, 0.05) is 12.3 Å². The van der Waals surface area contributed by atoms with Gasteiger partial charge in [-0.25, -0.2) is 4.68 Å². The van der Waals surface area contributed by atoms with Gasteiger partial charge >= 0.3 is 0 Å². The van der Waals surface area contributed by atoms with Crippen LogP contribution in [0.15, 0.2) is 24.4 Å². The molecule has 2 rings (SSSR count). The average Bonchev–Trinajstić information content (AvgIpc) is 2.68. The van der Waals surface area contributed by atoms with Crippen molar-refractivity contribution in [3.63, 3.8) is 0 Å². The number of nitro benzene ring substituents is 1. The van der Waals surface area contributed by atoms with Crippen LogP contribution in [0.3, 0.4) is 0 Å². The highest BCUT2D eigenvalue weighted by atomic mass is 16.6. The molecule has 0 saturated heterocycles. The molecule has 0 atom stereocenters. The van der Waals surface area contributed by atoms with E-state index in [-0.39, 0.29) is 10.6 Å². The van der Waals surface area contributed by atoms with Gasteiger partial charge in [0.1, 0.15) is 5.69 Å². The van der Waals surface area contributed by atoms with E-state index < -0.39 is 0 Å². The van der Waals surface area contributed by atoms with Crippen molar-refractivity contribution in [2.24, 2.45) is 0 Å². The molecule has 5 nitrogen and oxygen atoms in total. The fourth-order valence-corrected chi connectivity index (χ4v) is 1.66. The monoisotopic (exact) mass is 231 g/mol. The summed E-state index contributed by atoms with van der Waals surface area (Å²) in [5.41, 5.74) is 3.34. The molecular weight excluding hydrogens is 218 g/mol. The average molecular weight is 231 g/mol. The molecule has 0 aliphatic rings. The number of hydrogen-bond acceptors (Lipinski definition) is 3. The summed E-state index contributed by atoms with van der Waals surface area (Å²) < 4.78 is 1.54. The normalized spacial score (nSPS) is 10.5. The van der Waals surface area contributed by atoms with Crippen LogP contribution in [-0.2, 0) is 0 Å². The molecular formula is C12H13N3O2. The smallest absolute Gasteiger partial charge is 0.258 e. The summed E-state index contributed by atoms with van der Waals surface area (Å²) in [5, 5.41) is 15.2. The minimum Gasteiger partial charge on any atom is -0.258 e. The Balaban J connectivity index is 2.67. The Labute approximate surface area is 98.8 Å². The maximum atomic E-state index is 11.0. The molecule has 1 heterocycles. The zero-order valence-electron chi connectivity index (χ0n) is 9.97. The van der Waals surface area contributed by atoms with Crippen molar-refractivity contribution in [2.75, 3.05) is 0 Å². The minimum atomic E-state index is -0.376. The van der Waals surface area contributed by atoms with Crippen molar-refractivity contribution >= 4 is 5.69 Å². The molecule has 0 fully saturated rings. The molecule has 17 heavy (non-hydrogen) atoms. The molecule has 0 saturated carbocycles. The van der Waals surface area contributed by atoms with Crippen LogP contribution in [0.4, 0.5) is 5.69 Å². The molecule has 2 aromatic rings. The topological polar surface area (TPSA) is 61.0 Å². The number of aromatic nitrogens is 2. The van der Waals surface area contributed by atoms with Crippen molar-refractivity contribution in [1.29, 1.82) is 0 Å². The Morgan fingerprint density at radius 1 is 1.24 bits per heavy atom. The van der Waals surface area contributed by atoms with Crippen LogP contribution in [-0.4, -0.2) is 14.7 Å². The molecule has 0 amide bonds. The van der Waals surface area contributed by atoms with E-state index in [1.54, 1.807) is 23.0 Å². The van der Waals surface area contributed by atoms with Gasteiger partial charge in [-0.1, -0.05) is 0 Å². The van der Waals surface area contributed by atoms with Crippen molar-refractivity contribution in [1.82, 2.24) is 9.78 Å². The molecule has 0 bridgehead atoms. The highest BCUT2D eigenvalue weighted by Crippen LogP contribution is 2.26. The lowest BCUT2D eigenvalue weighted by Gasteiger charge is -2.06. The number of nitro groups is 1. The second-order valence-electron chi connectivity index (χ2n) is 4.08.